The van der Waals surface area contributed by atoms with Crippen molar-refractivity contribution in [3.05, 3.63) is 23.9 Å². The second-order valence-corrected chi connectivity index (χ2v) is 5.24. The van der Waals surface area contributed by atoms with Gasteiger partial charge in [-0.2, -0.15) is 0 Å². The number of hydrogen-bond donors (Lipinski definition) is 1. The SMILES string of the molecule is CNCc1ccnc(N(CC2CC2)C(C)C)c1. The average molecular weight is 233 g/mol. The maximum Gasteiger partial charge on any atom is 0.129 e. The van der Waals surface area contributed by atoms with Gasteiger partial charge in [-0.1, -0.05) is 0 Å². The van der Waals surface area contributed by atoms with Crippen molar-refractivity contribution in [2.24, 2.45) is 5.92 Å². The molecule has 1 aliphatic carbocycles. The Morgan fingerprint density at radius 3 is 2.82 bits per heavy atom. The van der Waals surface area contributed by atoms with Crippen LogP contribution in [0.5, 0.6) is 0 Å². The van der Waals surface area contributed by atoms with Crippen LogP contribution in [0.4, 0.5) is 5.82 Å². The van der Waals surface area contributed by atoms with Gasteiger partial charge in [0.15, 0.2) is 0 Å². The van der Waals surface area contributed by atoms with Crippen LogP contribution in [0.15, 0.2) is 18.3 Å². The van der Waals surface area contributed by atoms with Crippen molar-refractivity contribution in [2.45, 2.75) is 39.3 Å². The summed E-state index contributed by atoms with van der Waals surface area (Å²) in [4.78, 5) is 6.95. The highest BCUT2D eigenvalue weighted by molar-refractivity contribution is 5.42. The van der Waals surface area contributed by atoms with Crippen LogP contribution in [-0.4, -0.2) is 24.6 Å². The van der Waals surface area contributed by atoms with Crippen LogP contribution in [0.25, 0.3) is 0 Å². The fraction of sp³-hybridized carbons (Fsp3) is 0.643. The monoisotopic (exact) mass is 233 g/mol. The molecule has 0 bridgehead atoms. The molecule has 0 radical (unpaired) electrons. The summed E-state index contributed by atoms with van der Waals surface area (Å²) in [5.74, 6) is 2.02. The zero-order valence-corrected chi connectivity index (χ0v) is 11.1. The summed E-state index contributed by atoms with van der Waals surface area (Å²) in [5, 5.41) is 3.19. The Labute approximate surface area is 104 Å². The molecule has 17 heavy (non-hydrogen) atoms. The van der Waals surface area contributed by atoms with Crippen LogP contribution in [0.3, 0.4) is 0 Å². The maximum absolute atomic E-state index is 4.52. The van der Waals surface area contributed by atoms with Crippen molar-refractivity contribution in [1.29, 1.82) is 0 Å². The molecule has 1 aromatic heterocycles. The predicted octanol–water partition coefficient (Wildman–Crippen LogP) is 2.43. The van der Waals surface area contributed by atoms with Crippen molar-refractivity contribution in [3.63, 3.8) is 0 Å². The Morgan fingerprint density at radius 2 is 2.24 bits per heavy atom. The van der Waals surface area contributed by atoms with E-state index < -0.39 is 0 Å². The number of nitrogens with zero attached hydrogens (tertiary/aromatic N) is 2. The molecule has 94 valence electrons. The van der Waals surface area contributed by atoms with Crippen molar-refractivity contribution in [1.82, 2.24) is 10.3 Å². The highest BCUT2D eigenvalue weighted by Gasteiger charge is 2.26. The summed E-state index contributed by atoms with van der Waals surface area (Å²) >= 11 is 0. The second-order valence-electron chi connectivity index (χ2n) is 5.24. The molecule has 0 aromatic carbocycles. The minimum absolute atomic E-state index is 0.521. The van der Waals surface area contributed by atoms with Gasteiger partial charge in [0.25, 0.3) is 0 Å². The van der Waals surface area contributed by atoms with Gasteiger partial charge in [-0.15, -0.1) is 0 Å². The maximum atomic E-state index is 4.52. The Balaban J connectivity index is 2.12. The van der Waals surface area contributed by atoms with E-state index in [1.165, 1.54) is 18.4 Å². The largest absolute Gasteiger partial charge is 0.354 e. The first-order valence-corrected chi connectivity index (χ1v) is 6.57. The number of pyridine rings is 1. The molecule has 2 rings (SSSR count). The standard InChI is InChI=1S/C14H23N3/c1-11(2)17(10-12-4-5-12)14-8-13(9-15-3)6-7-16-14/h6-8,11-12,15H,4-5,9-10H2,1-3H3. The van der Waals surface area contributed by atoms with Crippen LogP contribution in [0, 0.1) is 5.92 Å². The molecule has 3 heteroatoms. The topological polar surface area (TPSA) is 28.2 Å². The van der Waals surface area contributed by atoms with Crippen molar-refractivity contribution < 1.29 is 0 Å². The zero-order chi connectivity index (χ0) is 12.3. The molecule has 0 unspecified atom stereocenters. The first-order chi connectivity index (χ1) is 8.20. The Kier molecular flexibility index (Phi) is 4.00. The normalized spacial score (nSPS) is 15.3. The van der Waals surface area contributed by atoms with Gasteiger partial charge in [0.05, 0.1) is 0 Å². The molecular formula is C14H23N3. The van der Waals surface area contributed by atoms with Crippen molar-refractivity contribution in [3.8, 4) is 0 Å². The van der Waals surface area contributed by atoms with Gasteiger partial charge in [-0.3, -0.25) is 0 Å². The van der Waals surface area contributed by atoms with Gasteiger partial charge < -0.3 is 10.2 Å². The third-order valence-corrected chi connectivity index (χ3v) is 3.26. The highest BCUT2D eigenvalue weighted by atomic mass is 15.2. The van der Waals surface area contributed by atoms with Crippen LogP contribution in [0.2, 0.25) is 0 Å². The Hall–Kier alpha value is -1.09. The molecule has 1 N–H and O–H groups in total. The summed E-state index contributed by atoms with van der Waals surface area (Å²) in [7, 11) is 1.98. The highest BCUT2D eigenvalue weighted by Crippen LogP contribution is 2.31. The number of nitrogens with one attached hydrogen (secondary N) is 1. The lowest BCUT2D eigenvalue weighted by atomic mass is 10.2. The molecule has 1 aliphatic rings. The second kappa shape index (κ2) is 5.50. The van der Waals surface area contributed by atoms with Gasteiger partial charge in [0.1, 0.15) is 5.82 Å². The van der Waals surface area contributed by atoms with E-state index in [2.05, 4.69) is 41.2 Å². The van der Waals surface area contributed by atoms with Crippen molar-refractivity contribution in [2.75, 3.05) is 18.5 Å². The summed E-state index contributed by atoms with van der Waals surface area (Å²) < 4.78 is 0. The summed E-state index contributed by atoms with van der Waals surface area (Å²) in [5.41, 5.74) is 1.30. The minimum atomic E-state index is 0.521. The van der Waals surface area contributed by atoms with Gasteiger partial charge >= 0.3 is 0 Å². The summed E-state index contributed by atoms with van der Waals surface area (Å²) in [6.07, 6.45) is 4.70. The predicted molar refractivity (Wildman–Crippen MR) is 72.2 cm³/mol. The summed E-state index contributed by atoms with van der Waals surface area (Å²) in [6.45, 7) is 6.56. The van der Waals surface area contributed by atoms with Gasteiger partial charge in [-0.25, -0.2) is 4.98 Å². The molecule has 1 heterocycles. The van der Waals surface area contributed by atoms with Crippen molar-refractivity contribution >= 4 is 5.82 Å². The number of anilines is 1. The van der Waals surface area contributed by atoms with Crippen LogP contribution in [-0.2, 0) is 6.54 Å². The van der Waals surface area contributed by atoms with Gasteiger partial charge in [0, 0.05) is 25.3 Å². The molecular weight excluding hydrogens is 210 g/mol. The fourth-order valence-corrected chi connectivity index (χ4v) is 2.08. The van der Waals surface area contributed by atoms with E-state index in [0.717, 1.165) is 24.8 Å². The third kappa shape index (κ3) is 3.43. The molecule has 3 nitrogen and oxygen atoms in total. The molecule has 1 saturated carbocycles. The first-order valence-electron chi connectivity index (χ1n) is 6.57. The van der Waals surface area contributed by atoms with Crippen LogP contribution in [0.1, 0.15) is 32.3 Å². The smallest absolute Gasteiger partial charge is 0.129 e. The van der Waals surface area contributed by atoms with E-state index >= 15 is 0 Å². The van der Waals surface area contributed by atoms with E-state index in [0.29, 0.717) is 6.04 Å². The van der Waals surface area contributed by atoms with E-state index in [1.54, 1.807) is 0 Å². The Morgan fingerprint density at radius 1 is 1.47 bits per heavy atom. The molecule has 0 atom stereocenters. The zero-order valence-electron chi connectivity index (χ0n) is 11.1. The molecule has 1 aromatic rings. The molecule has 1 fully saturated rings. The third-order valence-electron chi connectivity index (χ3n) is 3.26. The van der Waals surface area contributed by atoms with E-state index in [4.69, 9.17) is 0 Å². The fourth-order valence-electron chi connectivity index (χ4n) is 2.08. The van der Waals surface area contributed by atoms with Gasteiger partial charge in [0.2, 0.25) is 0 Å². The lowest BCUT2D eigenvalue weighted by Crippen LogP contribution is -2.33. The molecule has 0 saturated heterocycles. The van der Waals surface area contributed by atoms with Crippen LogP contribution >= 0.6 is 0 Å². The minimum Gasteiger partial charge on any atom is -0.354 e. The number of rotatable bonds is 6. The Bertz CT molecular complexity index is 358. The average Bonchev–Trinajstić information content (AvgIpc) is 3.10. The van der Waals surface area contributed by atoms with E-state index in [1.807, 2.05) is 13.2 Å². The van der Waals surface area contributed by atoms with E-state index in [-0.39, 0.29) is 0 Å². The number of hydrogen-bond acceptors (Lipinski definition) is 3. The molecule has 0 aliphatic heterocycles. The first kappa shape index (κ1) is 12.4. The number of aromatic nitrogens is 1. The van der Waals surface area contributed by atoms with Gasteiger partial charge in [-0.05, 0) is 57.4 Å². The molecule has 0 amide bonds. The quantitative estimate of drug-likeness (QED) is 0.818. The molecule has 0 spiro atoms. The van der Waals surface area contributed by atoms with Crippen LogP contribution < -0.4 is 10.2 Å². The summed E-state index contributed by atoms with van der Waals surface area (Å²) in [6, 6.07) is 4.81. The van der Waals surface area contributed by atoms with E-state index in [9.17, 15) is 0 Å². The lowest BCUT2D eigenvalue weighted by molar-refractivity contribution is 0.636. The lowest BCUT2D eigenvalue weighted by Gasteiger charge is -2.28.